The fourth-order valence-corrected chi connectivity index (χ4v) is 4.74. The van der Waals surface area contributed by atoms with Crippen LogP contribution < -0.4 is 0 Å². The molecule has 2 aromatic carbocycles. The van der Waals surface area contributed by atoms with Crippen molar-refractivity contribution >= 4 is 17.2 Å². The van der Waals surface area contributed by atoms with Crippen LogP contribution in [0.25, 0.3) is 5.57 Å². The summed E-state index contributed by atoms with van der Waals surface area (Å²) in [5.74, 6) is -0.124. The number of hydrogen-bond donors (Lipinski definition) is 1. The number of rotatable bonds is 3. The summed E-state index contributed by atoms with van der Waals surface area (Å²) >= 11 is 6.19. The number of hydrogen-bond acceptors (Lipinski definition) is 2. The van der Waals surface area contributed by atoms with E-state index in [1.54, 1.807) is 0 Å². The minimum absolute atomic E-state index is 0.0186. The summed E-state index contributed by atoms with van der Waals surface area (Å²) in [6.07, 6.45) is 3.95. The molecule has 0 saturated heterocycles. The molecule has 2 nitrogen and oxygen atoms in total. The average molecular weight is 373 g/mol. The van der Waals surface area contributed by atoms with Crippen LogP contribution in [0.2, 0.25) is 5.02 Å². The topological polar surface area (TPSA) is 29.5 Å². The molecule has 26 heavy (non-hydrogen) atoms. The molecule has 0 bridgehead atoms. The first-order valence-electron chi connectivity index (χ1n) is 9.01. The van der Waals surface area contributed by atoms with Gasteiger partial charge in [-0.3, -0.25) is 0 Å². The lowest BCUT2D eigenvalue weighted by atomic mass is 9.80. The van der Waals surface area contributed by atoms with Crippen LogP contribution >= 0.6 is 11.6 Å². The van der Waals surface area contributed by atoms with Crippen molar-refractivity contribution in [3.05, 3.63) is 76.1 Å². The van der Waals surface area contributed by atoms with E-state index in [0.29, 0.717) is 11.6 Å². The molecule has 3 atom stereocenters. The molecule has 4 heteroatoms. The normalized spacial score (nSPS) is 27.9. The lowest BCUT2D eigenvalue weighted by Crippen LogP contribution is -2.33. The zero-order chi connectivity index (χ0) is 18.3. The molecule has 4 rings (SSSR count). The third-order valence-electron chi connectivity index (χ3n) is 5.83. The van der Waals surface area contributed by atoms with Crippen LogP contribution in [0.5, 0.6) is 0 Å². The van der Waals surface area contributed by atoms with Gasteiger partial charge in [0, 0.05) is 17.5 Å². The summed E-state index contributed by atoms with van der Waals surface area (Å²) < 4.78 is 19.7. The molecular weight excluding hydrogens is 351 g/mol. The highest BCUT2D eigenvalue weighted by Crippen LogP contribution is 2.53. The van der Waals surface area contributed by atoms with E-state index >= 15 is 0 Å². The van der Waals surface area contributed by atoms with Crippen molar-refractivity contribution in [1.29, 1.82) is 0 Å². The van der Waals surface area contributed by atoms with Gasteiger partial charge in [0.05, 0.1) is 12.2 Å². The summed E-state index contributed by atoms with van der Waals surface area (Å²) in [5.41, 5.74) is 3.98. The maximum atomic E-state index is 13.4. The van der Waals surface area contributed by atoms with Gasteiger partial charge in [-0.25, -0.2) is 4.39 Å². The number of aliphatic hydroxyl groups excluding tert-OH is 1. The predicted molar refractivity (Wildman–Crippen MR) is 102 cm³/mol. The molecule has 1 fully saturated rings. The van der Waals surface area contributed by atoms with Crippen molar-refractivity contribution in [2.75, 3.05) is 13.2 Å². The Hall–Kier alpha value is -1.68. The predicted octanol–water partition coefficient (Wildman–Crippen LogP) is 5.13. The second-order valence-corrected chi connectivity index (χ2v) is 7.82. The number of benzene rings is 2. The minimum atomic E-state index is -0.449. The number of aliphatic hydroxyl groups is 1. The van der Waals surface area contributed by atoms with Crippen molar-refractivity contribution in [3.63, 3.8) is 0 Å². The van der Waals surface area contributed by atoms with Crippen LogP contribution in [0.15, 0.2) is 48.5 Å². The van der Waals surface area contributed by atoms with Crippen LogP contribution in [0, 0.1) is 18.7 Å². The second kappa shape index (κ2) is 6.80. The Bertz CT molecular complexity index is 846. The van der Waals surface area contributed by atoms with E-state index in [1.807, 2.05) is 30.3 Å². The monoisotopic (exact) mass is 372 g/mol. The van der Waals surface area contributed by atoms with Crippen LogP contribution in [-0.4, -0.2) is 23.9 Å². The van der Waals surface area contributed by atoms with E-state index in [4.69, 9.17) is 16.3 Å². The van der Waals surface area contributed by atoms with Gasteiger partial charge in [-0.2, -0.15) is 0 Å². The molecule has 1 aliphatic carbocycles. The van der Waals surface area contributed by atoms with Crippen LogP contribution in [0.4, 0.5) is 4.39 Å². The highest BCUT2D eigenvalue weighted by Gasteiger charge is 2.51. The molecular formula is C22H22ClFO2. The smallest absolute Gasteiger partial charge is 0.123 e. The molecule has 1 unspecified atom stereocenters. The Balaban J connectivity index is 1.75. The SMILES string of the molecule is Cc1ccc(Cl)cc1C1=C[C@@]2(CCC(CO)[C@H]2c2ccc(F)cc2)OC1. The zero-order valence-electron chi connectivity index (χ0n) is 14.7. The number of aryl methyl sites for hydroxylation is 1. The molecule has 1 saturated carbocycles. The number of ether oxygens (including phenoxy) is 1. The first kappa shape index (κ1) is 17.7. The van der Waals surface area contributed by atoms with E-state index in [1.165, 1.54) is 12.1 Å². The summed E-state index contributed by atoms with van der Waals surface area (Å²) in [6, 6.07) is 12.5. The fraction of sp³-hybridized carbons (Fsp3) is 0.364. The maximum Gasteiger partial charge on any atom is 0.123 e. The summed E-state index contributed by atoms with van der Waals surface area (Å²) in [4.78, 5) is 0. The first-order valence-corrected chi connectivity index (χ1v) is 9.39. The van der Waals surface area contributed by atoms with Crippen LogP contribution in [-0.2, 0) is 4.74 Å². The van der Waals surface area contributed by atoms with Gasteiger partial charge in [-0.05, 0) is 78.3 Å². The van der Waals surface area contributed by atoms with E-state index in [0.717, 1.165) is 35.1 Å². The van der Waals surface area contributed by atoms with Gasteiger partial charge >= 0.3 is 0 Å². The van der Waals surface area contributed by atoms with Gasteiger partial charge < -0.3 is 9.84 Å². The van der Waals surface area contributed by atoms with Crippen molar-refractivity contribution in [2.24, 2.45) is 5.92 Å². The van der Waals surface area contributed by atoms with Gasteiger partial charge in [-0.15, -0.1) is 0 Å². The Kier molecular flexibility index (Phi) is 4.64. The Morgan fingerprint density at radius 1 is 1.23 bits per heavy atom. The highest BCUT2D eigenvalue weighted by atomic mass is 35.5. The third-order valence-corrected chi connectivity index (χ3v) is 6.06. The first-order chi connectivity index (χ1) is 12.5. The van der Waals surface area contributed by atoms with Gasteiger partial charge in [0.15, 0.2) is 0 Å². The molecule has 1 heterocycles. The molecule has 0 radical (unpaired) electrons. The molecule has 1 spiro atoms. The molecule has 1 N–H and O–H groups in total. The lowest BCUT2D eigenvalue weighted by Gasteiger charge is -2.32. The largest absolute Gasteiger partial charge is 0.396 e. The van der Waals surface area contributed by atoms with Gasteiger partial charge in [0.2, 0.25) is 0 Å². The fourth-order valence-electron chi connectivity index (χ4n) is 4.56. The van der Waals surface area contributed by atoms with E-state index in [9.17, 15) is 9.50 Å². The van der Waals surface area contributed by atoms with E-state index < -0.39 is 5.60 Å². The van der Waals surface area contributed by atoms with Crippen molar-refractivity contribution < 1.29 is 14.2 Å². The quantitative estimate of drug-likeness (QED) is 0.809. The van der Waals surface area contributed by atoms with Crippen LogP contribution in [0.1, 0.15) is 35.4 Å². The van der Waals surface area contributed by atoms with Gasteiger partial charge in [0.1, 0.15) is 5.82 Å². The summed E-state index contributed by atoms with van der Waals surface area (Å²) in [7, 11) is 0. The second-order valence-electron chi connectivity index (χ2n) is 7.38. The zero-order valence-corrected chi connectivity index (χ0v) is 15.5. The summed E-state index contributed by atoms with van der Waals surface area (Å²) in [6.45, 7) is 2.70. The third kappa shape index (κ3) is 2.98. The summed E-state index contributed by atoms with van der Waals surface area (Å²) in [5, 5.41) is 10.6. The molecule has 2 aliphatic rings. The molecule has 136 valence electrons. The van der Waals surface area contributed by atoms with Gasteiger partial charge in [0.25, 0.3) is 0 Å². The number of halogens is 2. The standard InChI is InChI=1S/C22H22ClFO2/c1-14-2-5-18(23)10-20(14)17-11-22(26-13-17)9-8-16(12-25)21(22)15-3-6-19(24)7-4-15/h2-7,10-11,16,21,25H,8-9,12-13H2,1H3/t16?,21-,22-/m1/s1. The minimum Gasteiger partial charge on any atom is -0.396 e. The Morgan fingerprint density at radius 3 is 2.73 bits per heavy atom. The van der Waals surface area contributed by atoms with E-state index in [2.05, 4.69) is 13.0 Å². The van der Waals surface area contributed by atoms with E-state index in [-0.39, 0.29) is 24.3 Å². The van der Waals surface area contributed by atoms with Crippen molar-refractivity contribution in [3.8, 4) is 0 Å². The van der Waals surface area contributed by atoms with Crippen LogP contribution in [0.3, 0.4) is 0 Å². The van der Waals surface area contributed by atoms with Crippen molar-refractivity contribution in [2.45, 2.75) is 31.3 Å². The molecule has 1 aliphatic heterocycles. The Labute approximate surface area is 158 Å². The lowest BCUT2D eigenvalue weighted by molar-refractivity contribution is 0.0107. The average Bonchev–Trinajstić information content (AvgIpc) is 3.22. The van der Waals surface area contributed by atoms with Gasteiger partial charge in [-0.1, -0.05) is 29.8 Å². The molecule has 0 amide bonds. The molecule has 2 aromatic rings. The molecule has 0 aromatic heterocycles. The van der Waals surface area contributed by atoms with Crippen molar-refractivity contribution in [1.82, 2.24) is 0 Å². The maximum absolute atomic E-state index is 13.4. The highest BCUT2D eigenvalue weighted by molar-refractivity contribution is 6.30. The Morgan fingerprint density at radius 2 is 2.00 bits per heavy atom.